The fourth-order valence-electron chi connectivity index (χ4n) is 5.63. The number of aromatic nitrogens is 2. The van der Waals surface area contributed by atoms with Gasteiger partial charge in [-0.15, -0.1) is 6.58 Å². The van der Waals surface area contributed by atoms with Crippen LogP contribution in [0.1, 0.15) is 54.5 Å². The van der Waals surface area contributed by atoms with Crippen molar-refractivity contribution in [3.05, 3.63) is 124 Å². The second-order valence-electron chi connectivity index (χ2n) is 12.0. The van der Waals surface area contributed by atoms with Crippen LogP contribution in [0.4, 0.5) is 5.69 Å². The third-order valence-corrected chi connectivity index (χ3v) is 8.10. The van der Waals surface area contributed by atoms with Gasteiger partial charge < -0.3 is 19.5 Å². The number of fused-ring (bicyclic) bond motifs is 1. The summed E-state index contributed by atoms with van der Waals surface area (Å²) in [6.07, 6.45) is 3.80. The van der Waals surface area contributed by atoms with Crippen molar-refractivity contribution < 1.29 is 19.0 Å². The van der Waals surface area contributed by atoms with Crippen molar-refractivity contribution in [2.75, 3.05) is 25.6 Å². The van der Waals surface area contributed by atoms with Crippen LogP contribution in [0.3, 0.4) is 0 Å². The van der Waals surface area contributed by atoms with E-state index >= 15 is 0 Å². The molecule has 1 heterocycles. The Morgan fingerprint density at radius 3 is 2.47 bits per heavy atom. The zero-order valence-corrected chi connectivity index (χ0v) is 28.9. The van der Waals surface area contributed by atoms with Crippen molar-refractivity contribution in [1.82, 2.24) is 9.66 Å². The molecule has 0 atom stereocenters. The van der Waals surface area contributed by atoms with Gasteiger partial charge in [0.15, 0.2) is 23.9 Å². The third-order valence-electron chi connectivity index (χ3n) is 8.10. The number of hydrogen-bond acceptors (Lipinski definition) is 7. The molecule has 0 spiro atoms. The minimum Gasteiger partial charge on any atom is -0.496 e. The molecule has 5 aromatic rings. The molecule has 9 heteroatoms. The van der Waals surface area contributed by atoms with Gasteiger partial charge in [0.2, 0.25) is 0 Å². The van der Waals surface area contributed by atoms with E-state index in [9.17, 15) is 9.59 Å². The molecule has 4 aromatic carbocycles. The molecule has 1 N–H and O–H groups in total. The lowest BCUT2D eigenvalue weighted by Crippen LogP contribution is -2.21. The van der Waals surface area contributed by atoms with Crippen LogP contribution >= 0.6 is 0 Å². The fourth-order valence-corrected chi connectivity index (χ4v) is 5.63. The molecule has 49 heavy (non-hydrogen) atoms. The molecular formula is C40H42N4O5. The van der Waals surface area contributed by atoms with Crippen LogP contribution in [0.25, 0.3) is 22.3 Å². The molecular weight excluding hydrogens is 616 g/mol. The molecule has 1 amide bonds. The van der Waals surface area contributed by atoms with Crippen LogP contribution in [-0.4, -0.2) is 42.1 Å². The van der Waals surface area contributed by atoms with E-state index < -0.39 is 0 Å². The lowest BCUT2D eigenvalue weighted by atomic mass is 9.96. The minimum atomic E-state index is -0.297. The Bertz CT molecular complexity index is 2100. The van der Waals surface area contributed by atoms with Gasteiger partial charge in [-0.2, -0.15) is 9.78 Å². The maximum atomic E-state index is 14.0. The number of aryl methyl sites for hydroxylation is 2. The van der Waals surface area contributed by atoms with Crippen molar-refractivity contribution in [2.45, 2.75) is 47.0 Å². The van der Waals surface area contributed by atoms with E-state index in [4.69, 9.17) is 24.3 Å². The summed E-state index contributed by atoms with van der Waals surface area (Å²) in [5.41, 5.74) is 6.05. The van der Waals surface area contributed by atoms with E-state index in [2.05, 4.69) is 25.7 Å². The number of nitrogens with one attached hydrogen (secondary N) is 1. The summed E-state index contributed by atoms with van der Waals surface area (Å²) >= 11 is 0. The summed E-state index contributed by atoms with van der Waals surface area (Å²) in [5.74, 6) is 1.97. The molecule has 0 aliphatic rings. The first-order valence-electron chi connectivity index (χ1n) is 16.3. The van der Waals surface area contributed by atoms with Crippen LogP contribution in [0.5, 0.6) is 17.2 Å². The molecule has 0 unspecified atom stereocenters. The monoisotopic (exact) mass is 658 g/mol. The lowest BCUT2D eigenvalue weighted by Gasteiger charge is -2.18. The van der Waals surface area contributed by atoms with Crippen LogP contribution < -0.4 is 25.1 Å². The number of benzene rings is 4. The summed E-state index contributed by atoms with van der Waals surface area (Å²) in [4.78, 5) is 31.7. The molecule has 9 nitrogen and oxygen atoms in total. The van der Waals surface area contributed by atoms with Crippen molar-refractivity contribution in [3.63, 3.8) is 0 Å². The number of amides is 1. The number of para-hydroxylation sites is 2. The maximum Gasteiger partial charge on any atom is 0.282 e. The molecule has 0 fully saturated rings. The molecule has 0 aliphatic heterocycles. The molecule has 0 bridgehead atoms. The van der Waals surface area contributed by atoms with Crippen molar-refractivity contribution >= 4 is 28.7 Å². The van der Waals surface area contributed by atoms with Crippen LogP contribution in [0, 0.1) is 13.8 Å². The van der Waals surface area contributed by atoms with Gasteiger partial charge >= 0.3 is 0 Å². The fraction of sp³-hybridized carbons (Fsp3) is 0.250. The average molecular weight is 659 g/mol. The second kappa shape index (κ2) is 15.5. The molecule has 0 saturated heterocycles. The Balaban J connectivity index is 1.57. The SMILES string of the molecule is C=CCc1cc(C=Nn2c(-c3cc(C(C)C)c(OC)cc3C)nc3ccccc3c2=O)cc(OCC)c1OCC(=O)Nc1ccccc1C. The number of nitrogens with zero attached hydrogens (tertiary/aromatic N) is 3. The van der Waals surface area contributed by atoms with E-state index in [1.165, 1.54) is 4.68 Å². The quantitative estimate of drug-likeness (QED) is 0.102. The first-order valence-corrected chi connectivity index (χ1v) is 16.3. The number of rotatable bonds is 13. The molecule has 0 saturated carbocycles. The standard InChI is InChI=1S/C40H42N4O5/c1-8-14-29-20-28(21-36(48-9-2)38(29)49-24-37(45)42-33-17-12-10-15-26(33)5)23-41-44-39(43-34-18-13-11-16-30(34)40(44)46)32-22-31(25(3)4)35(47-7)19-27(32)6/h8,10-13,15-23,25H,1,9,14,24H2,2-7H3,(H,42,45). The minimum absolute atomic E-state index is 0.174. The predicted molar refractivity (Wildman–Crippen MR) is 197 cm³/mol. The van der Waals surface area contributed by atoms with E-state index in [1.807, 2.05) is 81.4 Å². The number of anilines is 1. The Hall–Kier alpha value is -5.70. The normalized spacial score (nSPS) is 11.2. The zero-order valence-electron chi connectivity index (χ0n) is 28.9. The number of carbonyl (C=O) groups excluding carboxylic acids is 1. The highest BCUT2D eigenvalue weighted by Gasteiger charge is 2.19. The van der Waals surface area contributed by atoms with Gasteiger partial charge in [0.1, 0.15) is 5.75 Å². The number of methoxy groups -OCH3 is 1. The first-order chi connectivity index (χ1) is 23.6. The Labute approximate surface area is 286 Å². The molecule has 0 radical (unpaired) electrons. The van der Waals surface area contributed by atoms with Gasteiger partial charge in [-0.05, 0) is 97.8 Å². The Morgan fingerprint density at radius 1 is 1.00 bits per heavy atom. The van der Waals surface area contributed by atoms with Gasteiger partial charge in [-0.1, -0.05) is 50.3 Å². The predicted octanol–water partition coefficient (Wildman–Crippen LogP) is 7.84. The summed E-state index contributed by atoms with van der Waals surface area (Å²) in [7, 11) is 1.66. The highest BCUT2D eigenvalue weighted by atomic mass is 16.5. The van der Waals surface area contributed by atoms with Crippen LogP contribution in [0.15, 0.2) is 95.3 Å². The Kier molecular flexibility index (Phi) is 10.9. The zero-order chi connectivity index (χ0) is 35.1. The van der Waals surface area contributed by atoms with Crippen LogP contribution in [0.2, 0.25) is 0 Å². The number of carbonyl (C=O) groups is 1. The summed E-state index contributed by atoms with van der Waals surface area (Å²) < 4.78 is 19.1. The summed E-state index contributed by atoms with van der Waals surface area (Å²) in [6, 6.07) is 22.5. The van der Waals surface area contributed by atoms with Gasteiger partial charge in [0.05, 0.1) is 30.8 Å². The van der Waals surface area contributed by atoms with Crippen LogP contribution in [-0.2, 0) is 11.2 Å². The second-order valence-corrected chi connectivity index (χ2v) is 12.0. The summed E-state index contributed by atoms with van der Waals surface area (Å²) in [6.45, 7) is 14.0. The molecule has 1 aromatic heterocycles. The number of hydrogen-bond donors (Lipinski definition) is 1. The molecule has 5 rings (SSSR count). The van der Waals surface area contributed by atoms with Gasteiger partial charge in [0.25, 0.3) is 11.5 Å². The van der Waals surface area contributed by atoms with E-state index in [0.29, 0.717) is 46.8 Å². The van der Waals surface area contributed by atoms with Gasteiger partial charge in [-0.25, -0.2) is 4.98 Å². The van der Waals surface area contributed by atoms with E-state index in [-0.39, 0.29) is 24.0 Å². The van der Waals surface area contributed by atoms with Gasteiger partial charge in [-0.3, -0.25) is 9.59 Å². The number of ether oxygens (including phenoxy) is 3. The van der Waals surface area contributed by atoms with E-state index in [0.717, 1.165) is 39.3 Å². The highest BCUT2D eigenvalue weighted by Crippen LogP contribution is 2.35. The maximum absolute atomic E-state index is 14.0. The smallest absolute Gasteiger partial charge is 0.282 e. The number of allylic oxidation sites excluding steroid dienone is 1. The average Bonchev–Trinajstić information content (AvgIpc) is 3.08. The highest BCUT2D eigenvalue weighted by molar-refractivity contribution is 5.92. The Morgan fingerprint density at radius 2 is 1.76 bits per heavy atom. The lowest BCUT2D eigenvalue weighted by molar-refractivity contribution is -0.118. The van der Waals surface area contributed by atoms with Crippen molar-refractivity contribution in [1.29, 1.82) is 0 Å². The third kappa shape index (κ3) is 7.73. The van der Waals surface area contributed by atoms with E-state index in [1.54, 1.807) is 31.5 Å². The summed E-state index contributed by atoms with van der Waals surface area (Å²) in [5, 5.41) is 8.07. The first kappa shape index (κ1) is 34.6. The van der Waals surface area contributed by atoms with Crippen molar-refractivity contribution in [2.24, 2.45) is 5.10 Å². The largest absolute Gasteiger partial charge is 0.496 e. The molecule has 252 valence electrons. The van der Waals surface area contributed by atoms with Gasteiger partial charge in [0, 0.05) is 16.8 Å². The van der Waals surface area contributed by atoms with Crippen molar-refractivity contribution in [3.8, 4) is 28.6 Å². The topological polar surface area (TPSA) is 104 Å². The molecule has 0 aliphatic carbocycles.